The molecule has 2 aliphatic rings. The van der Waals surface area contributed by atoms with Gasteiger partial charge in [-0.1, -0.05) is 31.4 Å². The fourth-order valence-corrected chi connectivity index (χ4v) is 5.48. The summed E-state index contributed by atoms with van der Waals surface area (Å²) in [7, 11) is -3.14. The van der Waals surface area contributed by atoms with Crippen molar-refractivity contribution in [3.05, 3.63) is 54.1 Å². The van der Waals surface area contributed by atoms with Gasteiger partial charge < -0.3 is 15.0 Å². The maximum absolute atomic E-state index is 12.3. The Morgan fingerprint density at radius 2 is 1.58 bits per heavy atom. The molecule has 0 spiro atoms. The number of nitrogens with zero attached hydrogens (tertiary/aromatic N) is 2. The summed E-state index contributed by atoms with van der Waals surface area (Å²) in [6.45, 7) is 2.21. The Bertz CT molecular complexity index is 1020. The number of rotatable bonds is 7. The third-order valence-corrected chi connectivity index (χ3v) is 7.85. The molecule has 0 aromatic heterocycles. The summed E-state index contributed by atoms with van der Waals surface area (Å²) in [5.74, 6) is 1.15. The predicted molar refractivity (Wildman–Crippen MR) is 131 cm³/mol. The molecule has 33 heavy (non-hydrogen) atoms. The van der Waals surface area contributed by atoms with E-state index in [0.29, 0.717) is 43.5 Å². The first-order chi connectivity index (χ1) is 15.9. The molecule has 1 aliphatic carbocycles. The number of carbonyl (C=O) groups excluding carboxylic acids is 1. The summed E-state index contributed by atoms with van der Waals surface area (Å²) in [6.07, 6.45) is 7.73. The SMILES string of the molecule is CS(=O)(=O)N1CCN(c2ccc(NC(=O)COc3ccc(C4CCCCC4)cc3)cc2)CC1. The van der Waals surface area contributed by atoms with Crippen molar-refractivity contribution in [3.8, 4) is 5.75 Å². The second-order valence-electron chi connectivity index (χ2n) is 8.94. The number of carbonyl (C=O) groups is 1. The van der Waals surface area contributed by atoms with Crippen LogP contribution in [0, 0.1) is 0 Å². The van der Waals surface area contributed by atoms with Crippen molar-refractivity contribution in [1.29, 1.82) is 0 Å². The van der Waals surface area contributed by atoms with E-state index in [9.17, 15) is 13.2 Å². The first-order valence-corrected chi connectivity index (χ1v) is 13.6. The van der Waals surface area contributed by atoms with Gasteiger partial charge in [0.2, 0.25) is 10.0 Å². The maximum Gasteiger partial charge on any atom is 0.262 e. The van der Waals surface area contributed by atoms with Gasteiger partial charge in [0.25, 0.3) is 5.91 Å². The average Bonchev–Trinajstić information content (AvgIpc) is 2.84. The Balaban J connectivity index is 1.23. The van der Waals surface area contributed by atoms with Crippen molar-refractivity contribution in [3.63, 3.8) is 0 Å². The fraction of sp³-hybridized carbons (Fsp3) is 0.480. The molecule has 4 rings (SSSR count). The van der Waals surface area contributed by atoms with Crippen molar-refractivity contribution < 1.29 is 17.9 Å². The zero-order chi connectivity index (χ0) is 23.3. The van der Waals surface area contributed by atoms with E-state index in [1.54, 1.807) is 0 Å². The number of anilines is 2. The van der Waals surface area contributed by atoms with Crippen LogP contribution < -0.4 is 15.0 Å². The molecule has 0 unspecified atom stereocenters. The molecule has 2 fully saturated rings. The van der Waals surface area contributed by atoms with Gasteiger partial charge in [0.15, 0.2) is 6.61 Å². The topological polar surface area (TPSA) is 79.0 Å². The molecule has 7 nitrogen and oxygen atoms in total. The van der Waals surface area contributed by atoms with Gasteiger partial charge >= 0.3 is 0 Å². The summed E-state index contributed by atoms with van der Waals surface area (Å²) in [5, 5.41) is 2.86. The first kappa shape index (κ1) is 23.6. The van der Waals surface area contributed by atoms with Crippen LogP contribution in [0.5, 0.6) is 5.75 Å². The van der Waals surface area contributed by atoms with Gasteiger partial charge in [-0.25, -0.2) is 8.42 Å². The molecule has 0 atom stereocenters. The van der Waals surface area contributed by atoms with Crippen molar-refractivity contribution >= 4 is 27.3 Å². The van der Waals surface area contributed by atoms with Crippen LogP contribution in [0.2, 0.25) is 0 Å². The number of amides is 1. The lowest BCUT2D eigenvalue weighted by molar-refractivity contribution is -0.118. The van der Waals surface area contributed by atoms with Crippen LogP contribution in [-0.2, 0) is 14.8 Å². The molecule has 0 radical (unpaired) electrons. The van der Waals surface area contributed by atoms with Crippen LogP contribution >= 0.6 is 0 Å². The lowest BCUT2D eigenvalue weighted by Crippen LogP contribution is -2.48. The fourth-order valence-electron chi connectivity index (χ4n) is 4.65. The third-order valence-electron chi connectivity index (χ3n) is 6.55. The van der Waals surface area contributed by atoms with E-state index in [1.165, 1.54) is 48.2 Å². The van der Waals surface area contributed by atoms with Crippen LogP contribution in [0.4, 0.5) is 11.4 Å². The molecule has 8 heteroatoms. The Morgan fingerprint density at radius 1 is 0.939 bits per heavy atom. The Kier molecular flexibility index (Phi) is 7.55. The first-order valence-electron chi connectivity index (χ1n) is 11.7. The lowest BCUT2D eigenvalue weighted by atomic mass is 9.84. The van der Waals surface area contributed by atoms with Crippen molar-refractivity contribution in [2.75, 3.05) is 49.3 Å². The maximum atomic E-state index is 12.3. The molecule has 178 valence electrons. The highest BCUT2D eigenvalue weighted by Gasteiger charge is 2.23. The molecule has 2 aromatic rings. The van der Waals surface area contributed by atoms with Crippen LogP contribution in [0.1, 0.15) is 43.6 Å². The van der Waals surface area contributed by atoms with E-state index in [4.69, 9.17) is 4.74 Å². The van der Waals surface area contributed by atoms with Gasteiger partial charge in [0.1, 0.15) is 5.75 Å². The van der Waals surface area contributed by atoms with Gasteiger partial charge in [-0.3, -0.25) is 4.79 Å². The van der Waals surface area contributed by atoms with Gasteiger partial charge in [0, 0.05) is 37.6 Å². The molecule has 2 aromatic carbocycles. The van der Waals surface area contributed by atoms with E-state index in [0.717, 1.165) is 5.69 Å². The minimum atomic E-state index is -3.14. The van der Waals surface area contributed by atoms with Gasteiger partial charge in [0.05, 0.1) is 6.26 Å². The molecular formula is C25H33N3O4S. The number of benzene rings is 2. The van der Waals surface area contributed by atoms with Crippen molar-refractivity contribution in [2.45, 2.75) is 38.0 Å². The van der Waals surface area contributed by atoms with Crippen LogP contribution in [0.25, 0.3) is 0 Å². The quantitative estimate of drug-likeness (QED) is 0.664. The van der Waals surface area contributed by atoms with Crippen LogP contribution in [0.3, 0.4) is 0 Å². The third kappa shape index (κ3) is 6.48. The second kappa shape index (κ2) is 10.6. The lowest BCUT2D eigenvalue weighted by Gasteiger charge is -2.34. The summed E-state index contributed by atoms with van der Waals surface area (Å²) in [4.78, 5) is 14.5. The molecule has 1 saturated carbocycles. The highest BCUT2D eigenvalue weighted by Crippen LogP contribution is 2.33. The van der Waals surface area contributed by atoms with Crippen molar-refractivity contribution in [1.82, 2.24) is 4.31 Å². The van der Waals surface area contributed by atoms with Gasteiger partial charge in [-0.05, 0) is 60.7 Å². The summed E-state index contributed by atoms with van der Waals surface area (Å²) in [5.41, 5.74) is 3.08. The number of hydrogen-bond donors (Lipinski definition) is 1. The van der Waals surface area contributed by atoms with E-state index >= 15 is 0 Å². The zero-order valence-corrected chi connectivity index (χ0v) is 20.0. The minimum Gasteiger partial charge on any atom is -0.484 e. The van der Waals surface area contributed by atoms with E-state index in [2.05, 4.69) is 22.3 Å². The molecule has 1 amide bonds. The summed E-state index contributed by atoms with van der Waals surface area (Å²) < 4.78 is 30.5. The van der Waals surface area contributed by atoms with Crippen molar-refractivity contribution in [2.24, 2.45) is 0 Å². The number of sulfonamides is 1. The molecule has 1 heterocycles. The zero-order valence-electron chi connectivity index (χ0n) is 19.2. The largest absolute Gasteiger partial charge is 0.484 e. The number of hydrogen-bond acceptors (Lipinski definition) is 5. The van der Waals surface area contributed by atoms with Crippen LogP contribution in [0.15, 0.2) is 48.5 Å². The number of piperazine rings is 1. The normalized spacial score (nSPS) is 18.2. The molecule has 1 saturated heterocycles. The molecular weight excluding hydrogens is 438 g/mol. The Hall–Kier alpha value is -2.58. The van der Waals surface area contributed by atoms with E-state index in [1.807, 2.05) is 36.4 Å². The number of ether oxygens (including phenoxy) is 1. The number of nitrogens with one attached hydrogen (secondary N) is 1. The minimum absolute atomic E-state index is 0.0437. The van der Waals surface area contributed by atoms with Crippen LogP contribution in [-0.4, -0.2) is 57.7 Å². The van der Waals surface area contributed by atoms with Gasteiger partial charge in [-0.15, -0.1) is 0 Å². The summed E-state index contributed by atoms with van der Waals surface area (Å²) in [6, 6.07) is 15.7. The Labute approximate surface area is 196 Å². The highest BCUT2D eigenvalue weighted by molar-refractivity contribution is 7.88. The van der Waals surface area contributed by atoms with E-state index in [-0.39, 0.29) is 12.5 Å². The Morgan fingerprint density at radius 3 is 2.18 bits per heavy atom. The summed E-state index contributed by atoms with van der Waals surface area (Å²) >= 11 is 0. The molecule has 1 N–H and O–H groups in total. The van der Waals surface area contributed by atoms with Gasteiger partial charge in [-0.2, -0.15) is 4.31 Å². The molecule has 0 bridgehead atoms. The van der Waals surface area contributed by atoms with E-state index < -0.39 is 10.0 Å². The predicted octanol–water partition coefficient (Wildman–Crippen LogP) is 3.83. The molecule has 1 aliphatic heterocycles. The second-order valence-corrected chi connectivity index (χ2v) is 10.9. The monoisotopic (exact) mass is 471 g/mol. The smallest absolute Gasteiger partial charge is 0.262 e. The average molecular weight is 472 g/mol. The standard InChI is InChI=1S/C25H33N3O4S/c1-33(30,31)28-17-15-27(16-18-28)23-11-9-22(10-12-23)26-25(29)19-32-24-13-7-21(8-14-24)20-5-3-2-4-6-20/h7-14,20H,2-6,15-19H2,1H3,(H,26,29). The highest BCUT2D eigenvalue weighted by atomic mass is 32.2.